The van der Waals surface area contributed by atoms with Crippen molar-refractivity contribution in [3.63, 3.8) is 0 Å². The lowest BCUT2D eigenvalue weighted by atomic mass is 9.96. The standard InChI is InChI=1S/C17H26N2O2/c1-12(2)17(14-6-8-15(21-3)9-7-14)19-16(20)11-18-10-13-4-5-13/h6-9,12-13,17-18H,4-5,10-11H2,1-3H3,(H,19,20). The zero-order valence-electron chi connectivity index (χ0n) is 13.2. The molecule has 1 aromatic carbocycles. The van der Waals surface area contributed by atoms with Crippen LogP contribution in [0.15, 0.2) is 24.3 Å². The van der Waals surface area contributed by atoms with Gasteiger partial charge in [-0.25, -0.2) is 0 Å². The van der Waals surface area contributed by atoms with Gasteiger partial charge in [-0.3, -0.25) is 4.79 Å². The summed E-state index contributed by atoms with van der Waals surface area (Å²) < 4.78 is 5.17. The Bertz CT molecular complexity index is 452. The molecule has 2 rings (SSSR count). The van der Waals surface area contributed by atoms with Gasteiger partial charge in [-0.2, -0.15) is 0 Å². The maximum Gasteiger partial charge on any atom is 0.234 e. The van der Waals surface area contributed by atoms with Crippen LogP contribution in [0.1, 0.15) is 38.3 Å². The number of carbonyl (C=O) groups excluding carboxylic acids is 1. The lowest BCUT2D eigenvalue weighted by molar-refractivity contribution is -0.121. The number of hydrogen-bond acceptors (Lipinski definition) is 3. The topological polar surface area (TPSA) is 50.4 Å². The van der Waals surface area contributed by atoms with Gasteiger partial charge < -0.3 is 15.4 Å². The van der Waals surface area contributed by atoms with Gasteiger partial charge in [0.1, 0.15) is 5.75 Å². The highest BCUT2D eigenvalue weighted by atomic mass is 16.5. The minimum atomic E-state index is 0.0335. The van der Waals surface area contributed by atoms with Crippen LogP contribution in [0.25, 0.3) is 0 Å². The summed E-state index contributed by atoms with van der Waals surface area (Å²) in [6.07, 6.45) is 2.60. The summed E-state index contributed by atoms with van der Waals surface area (Å²) >= 11 is 0. The summed E-state index contributed by atoms with van der Waals surface area (Å²) in [6, 6.07) is 7.93. The fraction of sp³-hybridized carbons (Fsp3) is 0.588. The quantitative estimate of drug-likeness (QED) is 0.773. The smallest absolute Gasteiger partial charge is 0.234 e. The van der Waals surface area contributed by atoms with Gasteiger partial charge in [0.05, 0.1) is 19.7 Å². The molecule has 0 bridgehead atoms. The number of amides is 1. The van der Waals surface area contributed by atoms with Gasteiger partial charge in [0.2, 0.25) is 5.91 Å². The second kappa shape index (κ2) is 7.46. The second-order valence-electron chi connectivity index (χ2n) is 6.14. The molecule has 116 valence electrons. The largest absolute Gasteiger partial charge is 0.497 e. The summed E-state index contributed by atoms with van der Waals surface area (Å²) in [5.41, 5.74) is 1.11. The molecule has 1 saturated carbocycles. The fourth-order valence-corrected chi connectivity index (χ4v) is 2.38. The highest BCUT2D eigenvalue weighted by Crippen LogP contribution is 2.27. The van der Waals surface area contributed by atoms with E-state index in [1.54, 1.807) is 7.11 Å². The highest BCUT2D eigenvalue weighted by Gasteiger charge is 2.22. The molecule has 0 saturated heterocycles. The van der Waals surface area contributed by atoms with Crippen molar-refractivity contribution in [1.82, 2.24) is 10.6 Å². The Balaban J connectivity index is 1.88. The number of nitrogens with one attached hydrogen (secondary N) is 2. The normalized spacial score (nSPS) is 15.8. The van der Waals surface area contributed by atoms with Crippen molar-refractivity contribution in [1.29, 1.82) is 0 Å². The van der Waals surface area contributed by atoms with E-state index in [0.717, 1.165) is 23.8 Å². The first kappa shape index (κ1) is 15.8. The van der Waals surface area contributed by atoms with Crippen LogP contribution in [0, 0.1) is 11.8 Å². The summed E-state index contributed by atoms with van der Waals surface area (Å²) in [7, 11) is 1.66. The van der Waals surface area contributed by atoms with Crippen LogP contribution in [-0.2, 0) is 4.79 Å². The SMILES string of the molecule is COc1ccc(C(NC(=O)CNCC2CC2)C(C)C)cc1. The molecular formula is C17H26N2O2. The Morgan fingerprint density at radius 1 is 1.29 bits per heavy atom. The number of methoxy groups -OCH3 is 1. The molecule has 0 heterocycles. The molecule has 1 amide bonds. The van der Waals surface area contributed by atoms with E-state index in [-0.39, 0.29) is 11.9 Å². The van der Waals surface area contributed by atoms with Gasteiger partial charge in [-0.15, -0.1) is 0 Å². The molecule has 4 heteroatoms. The first-order valence-corrected chi connectivity index (χ1v) is 7.74. The van der Waals surface area contributed by atoms with Crippen molar-refractivity contribution in [2.75, 3.05) is 20.2 Å². The third-order valence-electron chi connectivity index (χ3n) is 3.87. The van der Waals surface area contributed by atoms with Crippen molar-refractivity contribution in [2.45, 2.75) is 32.7 Å². The molecule has 0 radical (unpaired) electrons. The maximum atomic E-state index is 12.1. The van der Waals surface area contributed by atoms with Gasteiger partial charge in [-0.05, 0) is 48.9 Å². The van der Waals surface area contributed by atoms with E-state index in [2.05, 4.69) is 24.5 Å². The van der Waals surface area contributed by atoms with Gasteiger partial charge >= 0.3 is 0 Å². The van der Waals surface area contributed by atoms with Crippen molar-refractivity contribution >= 4 is 5.91 Å². The van der Waals surface area contributed by atoms with Gasteiger partial charge in [0, 0.05) is 0 Å². The van der Waals surface area contributed by atoms with Crippen LogP contribution in [0.5, 0.6) is 5.75 Å². The van der Waals surface area contributed by atoms with E-state index < -0.39 is 0 Å². The first-order chi connectivity index (χ1) is 10.1. The first-order valence-electron chi connectivity index (χ1n) is 7.74. The minimum Gasteiger partial charge on any atom is -0.497 e. The van der Waals surface area contributed by atoms with E-state index in [0.29, 0.717) is 12.5 Å². The molecule has 0 aromatic heterocycles. The number of ether oxygens (including phenoxy) is 1. The van der Waals surface area contributed by atoms with Gasteiger partial charge in [0.15, 0.2) is 0 Å². The lowest BCUT2D eigenvalue weighted by Crippen LogP contribution is -2.38. The summed E-state index contributed by atoms with van der Waals surface area (Å²) in [4.78, 5) is 12.1. The van der Waals surface area contributed by atoms with E-state index in [1.807, 2.05) is 24.3 Å². The third kappa shape index (κ3) is 5.05. The van der Waals surface area contributed by atoms with Crippen LogP contribution < -0.4 is 15.4 Å². The monoisotopic (exact) mass is 290 g/mol. The molecule has 1 aromatic rings. The average Bonchev–Trinajstić information content (AvgIpc) is 3.29. The van der Waals surface area contributed by atoms with E-state index in [9.17, 15) is 4.79 Å². The molecule has 1 fully saturated rings. The van der Waals surface area contributed by atoms with E-state index in [4.69, 9.17) is 4.74 Å². The zero-order chi connectivity index (χ0) is 15.2. The van der Waals surface area contributed by atoms with Crippen LogP contribution in [0.2, 0.25) is 0 Å². The van der Waals surface area contributed by atoms with Gasteiger partial charge in [0.25, 0.3) is 0 Å². The summed E-state index contributed by atoms with van der Waals surface area (Å²) in [6.45, 7) is 5.60. The average molecular weight is 290 g/mol. The van der Waals surface area contributed by atoms with Crippen molar-refractivity contribution in [3.05, 3.63) is 29.8 Å². The molecule has 1 unspecified atom stereocenters. The second-order valence-corrected chi connectivity index (χ2v) is 6.14. The Hall–Kier alpha value is -1.55. The van der Waals surface area contributed by atoms with Crippen LogP contribution in [-0.4, -0.2) is 26.1 Å². The molecule has 1 aliphatic carbocycles. The minimum absolute atomic E-state index is 0.0335. The molecule has 1 atom stereocenters. The molecule has 21 heavy (non-hydrogen) atoms. The predicted molar refractivity (Wildman–Crippen MR) is 84.3 cm³/mol. The molecule has 0 aliphatic heterocycles. The van der Waals surface area contributed by atoms with Crippen molar-refractivity contribution in [2.24, 2.45) is 11.8 Å². The summed E-state index contributed by atoms with van der Waals surface area (Å²) in [5.74, 6) is 2.02. The molecule has 1 aliphatic rings. The number of hydrogen-bond donors (Lipinski definition) is 2. The van der Waals surface area contributed by atoms with E-state index >= 15 is 0 Å². The predicted octanol–water partition coefficient (Wildman–Crippen LogP) is 2.51. The van der Waals surface area contributed by atoms with Crippen molar-refractivity contribution in [3.8, 4) is 5.75 Å². The molecule has 2 N–H and O–H groups in total. The lowest BCUT2D eigenvalue weighted by Gasteiger charge is -2.23. The third-order valence-corrected chi connectivity index (χ3v) is 3.87. The number of rotatable bonds is 8. The number of carbonyl (C=O) groups is 1. The Morgan fingerprint density at radius 3 is 2.48 bits per heavy atom. The number of benzene rings is 1. The summed E-state index contributed by atoms with van der Waals surface area (Å²) in [5, 5.41) is 6.35. The fourth-order valence-electron chi connectivity index (χ4n) is 2.38. The van der Waals surface area contributed by atoms with Gasteiger partial charge in [-0.1, -0.05) is 26.0 Å². The molecular weight excluding hydrogens is 264 g/mol. The highest BCUT2D eigenvalue weighted by molar-refractivity contribution is 5.78. The van der Waals surface area contributed by atoms with Crippen LogP contribution in [0.3, 0.4) is 0 Å². The van der Waals surface area contributed by atoms with Crippen LogP contribution >= 0.6 is 0 Å². The molecule has 4 nitrogen and oxygen atoms in total. The zero-order valence-corrected chi connectivity index (χ0v) is 13.2. The molecule has 0 spiro atoms. The van der Waals surface area contributed by atoms with E-state index in [1.165, 1.54) is 12.8 Å². The maximum absolute atomic E-state index is 12.1. The Kier molecular flexibility index (Phi) is 5.62. The Labute approximate surface area is 127 Å². The van der Waals surface area contributed by atoms with Crippen molar-refractivity contribution < 1.29 is 9.53 Å². The van der Waals surface area contributed by atoms with Crippen LogP contribution in [0.4, 0.5) is 0 Å². The Morgan fingerprint density at radius 2 is 1.95 bits per heavy atom.